The number of nitrogens with two attached hydrogens (primary N) is 2. The molecule has 0 spiro atoms. The maximum absolute atomic E-state index is 12.2. The van der Waals surface area contributed by atoms with E-state index in [0.717, 1.165) is 12.1 Å². The van der Waals surface area contributed by atoms with Gasteiger partial charge >= 0.3 is 0 Å². The second-order valence-electron chi connectivity index (χ2n) is 4.36. The van der Waals surface area contributed by atoms with Crippen LogP contribution in [0.1, 0.15) is 0 Å². The topological polar surface area (TPSA) is 132 Å². The normalized spacial score (nSPS) is 12.1. The van der Waals surface area contributed by atoms with E-state index >= 15 is 0 Å². The van der Waals surface area contributed by atoms with Crippen LogP contribution in [0.3, 0.4) is 0 Å². The van der Waals surface area contributed by atoms with Crippen molar-refractivity contribution in [2.75, 3.05) is 10.5 Å². The van der Waals surface area contributed by atoms with E-state index in [1.807, 2.05) is 0 Å². The number of rotatable bonds is 4. The Labute approximate surface area is 133 Å². The number of hydrogen-bond acceptors (Lipinski definition) is 5. The lowest BCUT2D eigenvalue weighted by Crippen LogP contribution is -2.15. The number of sulfonamides is 2. The monoisotopic (exact) mass is 361 g/mol. The second kappa shape index (κ2) is 5.76. The van der Waals surface area contributed by atoms with Crippen molar-refractivity contribution in [3.63, 3.8) is 0 Å². The van der Waals surface area contributed by atoms with Crippen molar-refractivity contribution < 1.29 is 16.8 Å². The summed E-state index contributed by atoms with van der Waals surface area (Å²) >= 11 is 5.89. The third-order valence-corrected chi connectivity index (χ3v) is 5.31. The fraction of sp³-hybridized carbons (Fsp3) is 0. The average molecular weight is 362 g/mol. The Kier molecular flexibility index (Phi) is 4.34. The van der Waals surface area contributed by atoms with Gasteiger partial charge in [-0.3, -0.25) is 4.72 Å². The van der Waals surface area contributed by atoms with Crippen LogP contribution in [0.15, 0.2) is 52.3 Å². The molecule has 10 heteroatoms. The van der Waals surface area contributed by atoms with Crippen LogP contribution in [0.5, 0.6) is 0 Å². The third kappa shape index (κ3) is 3.69. The van der Waals surface area contributed by atoms with Crippen molar-refractivity contribution in [3.8, 4) is 0 Å². The Balaban J connectivity index is 2.36. The van der Waals surface area contributed by atoms with Crippen molar-refractivity contribution in [3.05, 3.63) is 47.5 Å². The van der Waals surface area contributed by atoms with Crippen LogP contribution in [0.4, 0.5) is 11.4 Å². The van der Waals surface area contributed by atoms with E-state index in [1.165, 1.54) is 30.3 Å². The molecule has 0 unspecified atom stereocenters. The lowest BCUT2D eigenvalue weighted by molar-refractivity contribution is 0.597. The Morgan fingerprint density at radius 2 is 1.45 bits per heavy atom. The number of nitrogens with one attached hydrogen (secondary N) is 1. The maximum Gasteiger partial charge on any atom is 0.261 e. The summed E-state index contributed by atoms with van der Waals surface area (Å²) in [6, 6.07) is 9.01. The largest absolute Gasteiger partial charge is 0.399 e. The summed E-state index contributed by atoms with van der Waals surface area (Å²) < 4.78 is 49.1. The summed E-state index contributed by atoms with van der Waals surface area (Å²) in [6.45, 7) is 0. The van der Waals surface area contributed by atoms with Crippen LogP contribution in [0.2, 0.25) is 5.02 Å². The van der Waals surface area contributed by atoms with Gasteiger partial charge < -0.3 is 5.73 Å². The fourth-order valence-corrected chi connectivity index (χ4v) is 3.57. The van der Waals surface area contributed by atoms with Crippen molar-refractivity contribution in [1.29, 1.82) is 0 Å². The van der Waals surface area contributed by atoms with Crippen LogP contribution >= 0.6 is 11.6 Å². The summed E-state index contributed by atoms with van der Waals surface area (Å²) in [4.78, 5) is -0.221. The molecule has 0 saturated heterocycles. The molecule has 0 aliphatic heterocycles. The zero-order valence-electron chi connectivity index (χ0n) is 11.0. The lowest BCUT2D eigenvalue weighted by Gasteiger charge is -2.10. The molecular weight excluding hydrogens is 350 g/mol. The third-order valence-electron chi connectivity index (χ3n) is 2.70. The molecule has 0 aliphatic rings. The quantitative estimate of drug-likeness (QED) is 0.707. The highest BCUT2D eigenvalue weighted by Crippen LogP contribution is 2.27. The number of nitrogen functional groups attached to an aromatic ring is 1. The van der Waals surface area contributed by atoms with Gasteiger partial charge in [-0.25, -0.2) is 22.0 Å². The van der Waals surface area contributed by atoms with Crippen LogP contribution < -0.4 is 15.6 Å². The van der Waals surface area contributed by atoms with Gasteiger partial charge in [0, 0.05) is 5.69 Å². The lowest BCUT2D eigenvalue weighted by atomic mass is 10.3. The summed E-state index contributed by atoms with van der Waals surface area (Å²) in [7, 11) is -7.79. The van der Waals surface area contributed by atoms with E-state index < -0.39 is 20.0 Å². The molecule has 0 aromatic heterocycles. The van der Waals surface area contributed by atoms with E-state index in [2.05, 4.69) is 4.72 Å². The Morgan fingerprint density at radius 3 is 1.95 bits per heavy atom. The molecule has 0 radical (unpaired) electrons. The molecule has 2 aromatic carbocycles. The molecule has 0 fully saturated rings. The molecule has 0 heterocycles. The van der Waals surface area contributed by atoms with Crippen molar-refractivity contribution in [1.82, 2.24) is 0 Å². The first-order valence-corrected chi connectivity index (χ1v) is 9.21. The number of anilines is 2. The number of primary sulfonamides is 1. The van der Waals surface area contributed by atoms with Crippen molar-refractivity contribution >= 4 is 43.0 Å². The smallest absolute Gasteiger partial charge is 0.261 e. The van der Waals surface area contributed by atoms with Gasteiger partial charge in [-0.05, 0) is 42.5 Å². The standard InChI is InChI=1S/C12H12ClN3O4S2/c13-11-7-10(21(15,17)18)5-6-12(11)16-22(19,20)9-3-1-8(14)2-4-9/h1-7,16H,14H2,(H2,15,17,18). The van der Waals surface area contributed by atoms with E-state index in [9.17, 15) is 16.8 Å². The number of hydrogen-bond donors (Lipinski definition) is 3. The highest BCUT2D eigenvalue weighted by atomic mass is 35.5. The van der Waals surface area contributed by atoms with E-state index in [4.69, 9.17) is 22.5 Å². The summed E-state index contributed by atoms with van der Waals surface area (Å²) in [5.74, 6) is 0. The Bertz CT molecular complexity index is 910. The molecule has 22 heavy (non-hydrogen) atoms. The molecule has 0 aliphatic carbocycles. The van der Waals surface area contributed by atoms with Gasteiger partial charge in [0.15, 0.2) is 0 Å². The van der Waals surface area contributed by atoms with Crippen LogP contribution in [0.25, 0.3) is 0 Å². The Morgan fingerprint density at radius 1 is 0.909 bits per heavy atom. The summed E-state index contributed by atoms with van der Waals surface area (Å²) in [6.07, 6.45) is 0. The molecule has 5 N–H and O–H groups in total. The maximum atomic E-state index is 12.2. The van der Waals surface area contributed by atoms with Gasteiger partial charge in [-0.15, -0.1) is 0 Å². The van der Waals surface area contributed by atoms with E-state index in [0.29, 0.717) is 5.69 Å². The molecule has 0 atom stereocenters. The van der Waals surface area contributed by atoms with Gasteiger partial charge in [0.25, 0.3) is 10.0 Å². The van der Waals surface area contributed by atoms with E-state index in [1.54, 1.807) is 0 Å². The van der Waals surface area contributed by atoms with Crippen LogP contribution in [0, 0.1) is 0 Å². The predicted molar refractivity (Wildman–Crippen MR) is 84.5 cm³/mol. The van der Waals surface area contributed by atoms with Gasteiger partial charge in [0.2, 0.25) is 10.0 Å². The molecule has 2 aromatic rings. The van der Waals surface area contributed by atoms with Gasteiger partial charge in [0.1, 0.15) is 0 Å². The summed E-state index contributed by atoms with van der Waals surface area (Å²) in [5, 5.41) is 4.88. The number of benzene rings is 2. The molecule has 0 bridgehead atoms. The average Bonchev–Trinajstić information content (AvgIpc) is 2.40. The minimum Gasteiger partial charge on any atom is -0.399 e. The number of halogens is 1. The van der Waals surface area contributed by atoms with Gasteiger partial charge in [-0.2, -0.15) is 0 Å². The fourth-order valence-electron chi connectivity index (χ4n) is 1.61. The molecular formula is C12H12ClN3O4S2. The first kappa shape index (κ1) is 16.6. The molecule has 2 rings (SSSR count). The van der Waals surface area contributed by atoms with Crippen molar-refractivity contribution in [2.24, 2.45) is 5.14 Å². The molecule has 118 valence electrons. The molecule has 0 amide bonds. The van der Waals surface area contributed by atoms with Gasteiger partial charge in [0.05, 0.1) is 20.5 Å². The zero-order chi connectivity index (χ0) is 16.5. The Hall–Kier alpha value is -1.81. The van der Waals surface area contributed by atoms with E-state index in [-0.39, 0.29) is 20.5 Å². The van der Waals surface area contributed by atoms with Crippen molar-refractivity contribution in [2.45, 2.75) is 9.79 Å². The minimum atomic E-state index is -3.92. The molecule has 7 nitrogen and oxygen atoms in total. The first-order valence-electron chi connectivity index (χ1n) is 5.80. The van der Waals surface area contributed by atoms with Gasteiger partial charge in [-0.1, -0.05) is 11.6 Å². The molecule has 0 saturated carbocycles. The highest BCUT2D eigenvalue weighted by Gasteiger charge is 2.17. The highest BCUT2D eigenvalue weighted by molar-refractivity contribution is 7.92. The minimum absolute atomic E-state index is 0.00621. The second-order valence-corrected chi connectivity index (χ2v) is 8.01. The first-order chi connectivity index (χ1) is 10.1. The zero-order valence-corrected chi connectivity index (χ0v) is 13.4. The van der Waals surface area contributed by atoms with Crippen LogP contribution in [-0.2, 0) is 20.0 Å². The predicted octanol–water partition coefficient (Wildman–Crippen LogP) is 1.37. The SMILES string of the molecule is Nc1ccc(S(=O)(=O)Nc2ccc(S(N)(=O)=O)cc2Cl)cc1. The summed E-state index contributed by atoms with van der Waals surface area (Å²) in [5.41, 5.74) is 5.96. The van der Waals surface area contributed by atoms with Crippen LogP contribution in [-0.4, -0.2) is 16.8 Å².